The highest BCUT2D eigenvalue weighted by atomic mass is 32.5. The molecule has 0 aromatic carbocycles. The average molecular weight is 746 g/mol. The lowest BCUT2D eigenvalue weighted by molar-refractivity contribution is -0.0499. The second-order valence-electron chi connectivity index (χ2n) is 10.1. The summed E-state index contributed by atoms with van der Waals surface area (Å²) in [6.07, 6.45) is -6.23. The standard InChI is InChI=1S/C20H27F2N11O8P2S3/c1-26-33(15-10(23)17(34)31-19(25)30-15)20-4-46-8(13(20)22)3-38-42(35,44)40-12-7(2-37-43(36,45)41-20)39-18(9(12)21)32-6-29-11-14(24)27-5-28-16(11)32/h5-9,12-13,18,26H,2-4,23H2,1H3,(H,35,44)(H,36,45)(H2,24,27,28)(H3,25,30,31,34)/t7-,8-,9+,12-,13-,18-,20+,42?,43?/m1/s1. The Balaban J connectivity index is 1.37. The fraction of sp³-hybridized carbons (Fsp3) is 0.550. The molecule has 252 valence electrons. The van der Waals surface area contributed by atoms with Gasteiger partial charge in [0, 0.05) is 12.8 Å². The van der Waals surface area contributed by atoms with Crippen LogP contribution in [0.25, 0.3) is 11.2 Å². The molecule has 0 amide bonds. The number of aromatic amines is 1. The topological polar surface area (TPSA) is 269 Å². The molecular formula is C20H27F2N11O8P2S3. The smallest absolute Gasteiger partial charge is 0.326 e. The van der Waals surface area contributed by atoms with Gasteiger partial charge in [0.15, 0.2) is 35.9 Å². The molecule has 10 N–H and O–H groups in total. The molecule has 0 aliphatic carbocycles. The molecule has 0 saturated carbocycles. The van der Waals surface area contributed by atoms with Crippen molar-refractivity contribution >= 4 is 83.2 Å². The number of halogens is 2. The van der Waals surface area contributed by atoms with Crippen molar-refractivity contribution < 1.29 is 41.4 Å². The van der Waals surface area contributed by atoms with Crippen LogP contribution >= 0.6 is 25.2 Å². The number of nitrogen functional groups attached to an aromatic ring is 3. The molecule has 2 bridgehead atoms. The lowest BCUT2D eigenvalue weighted by Crippen LogP contribution is -2.63. The summed E-state index contributed by atoms with van der Waals surface area (Å²) in [6.45, 7) is -10.00. The molecule has 2 unspecified atom stereocenters. The van der Waals surface area contributed by atoms with Crippen molar-refractivity contribution in [1.29, 1.82) is 0 Å². The summed E-state index contributed by atoms with van der Waals surface area (Å²) < 4.78 is 62.3. The Kier molecular flexibility index (Phi) is 9.06. The molecule has 26 heteroatoms. The number of hydrogen-bond acceptors (Lipinski definition) is 18. The zero-order valence-electron chi connectivity index (χ0n) is 23.4. The van der Waals surface area contributed by atoms with Crippen molar-refractivity contribution in [2.24, 2.45) is 0 Å². The number of hydrogen-bond donors (Lipinski definition) is 7. The molecule has 3 aromatic heterocycles. The number of imidazole rings is 1. The highest BCUT2D eigenvalue weighted by Crippen LogP contribution is 2.57. The Labute approximate surface area is 272 Å². The first kappa shape index (κ1) is 33.7. The molecule has 6 rings (SSSR count). The van der Waals surface area contributed by atoms with Gasteiger partial charge in [-0.25, -0.2) is 29.2 Å². The van der Waals surface area contributed by atoms with Crippen LogP contribution in [0.1, 0.15) is 6.23 Å². The molecule has 0 radical (unpaired) electrons. The molecule has 3 fully saturated rings. The third-order valence-electron chi connectivity index (χ3n) is 7.29. The second kappa shape index (κ2) is 12.4. The Morgan fingerprint density at radius 3 is 2.67 bits per heavy atom. The highest BCUT2D eigenvalue weighted by molar-refractivity contribution is 8.07. The number of nitrogens with zero attached hydrogens (tertiary/aromatic N) is 6. The highest BCUT2D eigenvalue weighted by Gasteiger charge is 2.60. The van der Waals surface area contributed by atoms with Crippen molar-refractivity contribution in [2.45, 2.75) is 41.8 Å². The van der Waals surface area contributed by atoms with Crippen LogP contribution in [0.15, 0.2) is 17.4 Å². The first-order chi connectivity index (χ1) is 21.7. The fourth-order valence-corrected chi connectivity index (χ4v) is 9.82. The first-order valence-corrected chi connectivity index (χ1v) is 19.3. The Morgan fingerprint density at radius 1 is 1.20 bits per heavy atom. The lowest BCUT2D eigenvalue weighted by Gasteiger charge is -2.43. The van der Waals surface area contributed by atoms with Gasteiger partial charge in [0.2, 0.25) is 11.7 Å². The van der Waals surface area contributed by atoms with E-state index in [0.717, 1.165) is 23.1 Å². The molecule has 9 atom stereocenters. The maximum atomic E-state index is 16.5. The SMILES string of the molecule is CNN(c1nc(N)[nH]c(=O)c1N)[C@@]12CS[C@H](COP(O)(=S)O[C@H]3[C@H](F)[C@H](n4cnc5c(N)ncnc54)O[C@@H]3COP(O)(=S)O1)[C@H]2F. The Bertz CT molecular complexity index is 1810. The number of nitrogens with one attached hydrogen (secondary N) is 2. The molecule has 3 aromatic rings. The van der Waals surface area contributed by atoms with Gasteiger partial charge in [-0.05, 0) is 23.6 Å². The predicted octanol–water partition coefficient (Wildman–Crippen LogP) is -0.435. The summed E-state index contributed by atoms with van der Waals surface area (Å²) >= 11 is 11.4. The van der Waals surface area contributed by atoms with E-state index in [2.05, 4.69) is 30.3 Å². The molecule has 3 aliphatic heterocycles. The van der Waals surface area contributed by atoms with Crippen molar-refractivity contribution in [3.05, 3.63) is 23.0 Å². The molecular weight excluding hydrogens is 718 g/mol. The quantitative estimate of drug-likeness (QED) is 0.132. The Morgan fingerprint density at radius 2 is 1.93 bits per heavy atom. The van der Waals surface area contributed by atoms with Crippen LogP contribution in [0.3, 0.4) is 0 Å². The van der Waals surface area contributed by atoms with Crippen LogP contribution < -0.4 is 33.2 Å². The minimum atomic E-state index is -4.48. The van der Waals surface area contributed by atoms with Crippen molar-refractivity contribution in [3.8, 4) is 0 Å². The third-order valence-corrected chi connectivity index (χ3v) is 11.8. The van der Waals surface area contributed by atoms with Gasteiger partial charge in [-0.2, -0.15) is 4.98 Å². The van der Waals surface area contributed by atoms with Gasteiger partial charge in [0.05, 0.1) is 24.8 Å². The summed E-state index contributed by atoms with van der Waals surface area (Å²) in [6, 6.07) is 0. The van der Waals surface area contributed by atoms with Gasteiger partial charge in [0.1, 0.15) is 29.7 Å². The largest absolute Gasteiger partial charge is 0.391 e. The Hall–Kier alpha value is -2.18. The number of anilines is 4. The van der Waals surface area contributed by atoms with E-state index in [1.807, 2.05) is 0 Å². The van der Waals surface area contributed by atoms with E-state index in [9.17, 15) is 14.6 Å². The van der Waals surface area contributed by atoms with Gasteiger partial charge < -0.3 is 40.8 Å². The third kappa shape index (κ3) is 5.99. The van der Waals surface area contributed by atoms with E-state index in [-0.39, 0.29) is 34.5 Å². The number of aromatic nitrogens is 6. The van der Waals surface area contributed by atoms with Crippen LogP contribution in [0.5, 0.6) is 0 Å². The number of hydrazine groups is 1. The molecule has 6 heterocycles. The van der Waals surface area contributed by atoms with Crippen LogP contribution in [0.2, 0.25) is 0 Å². The van der Waals surface area contributed by atoms with E-state index in [1.54, 1.807) is 0 Å². The van der Waals surface area contributed by atoms with Gasteiger partial charge >= 0.3 is 13.4 Å². The maximum Gasteiger partial charge on any atom is 0.326 e. The summed E-state index contributed by atoms with van der Waals surface area (Å²) in [4.78, 5) is 53.0. The van der Waals surface area contributed by atoms with E-state index in [1.165, 1.54) is 17.9 Å². The fourth-order valence-electron chi connectivity index (χ4n) is 5.23. The number of thioether (sulfide) groups is 1. The monoisotopic (exact) mass is 745 g/mol. The number of fused-ring (bicyclic) bond motifs is 4. The van der Waals surface area contributed by atoms with E-state index >= 15 is 8.78 Å². The van der Waals surface area contributed by atoms with Crippen molar-refractivity contribution in [3.63, 3.8) is 0 Å². The number of alkyl halides is 2. The predicted molar refractivity (Wildman–Crippen MR) is 169 cm³/mol. The zero-order chi connectivity index (χ0) is 33.2. The number of rotatable bonds is 4. The minimum Gasteiger partial charge on any atom is -0.391 e. The molecule has 3 aliphatic rings. The molecule has 19 nitrogen and oxygen atoms in total. The number of nitrogens with two attached hydrogens (primary N) is 3. The number of H-pyrrole nitrogens is 1. The van der Waals surface area contributed by atoms with Gasteiger partial charge in [0.25, 0.3) is 5.56 Å². The van der Waals surface area contributed by atoms with Crippen LogP contribution in [0.4, 0.5) is 32.1 Å². The normalized spacial score (nSPS) is 36.9. The molecule has 3 saturated heterocycles. The van der Waals surface area contributed by atoms with Gasteiger partial charge in [-0.15, -0.1) is 11.8 Å². The number of ether oxygens (including phenoxy) is 1. The average Bonchev–Trinajstić information content (AvgIpc) is 3.64. The first-order valence-electron chi connectivity index (χ1n) is 13.1. The van der Waals surface area contributed by atoms with E-state index < -0.39 is 79.7 Å². The lowest BCUT2D eigenvalue weighted by atomic mass is 10.1. The van der Waals surface area contributed by atoms with E-state index in [4.69, 9.17) is 63.6 Å². The molecule has 46 heavy (non-hydrogen) atoms. The molecule has 0 spiro atoms. The van der Waals surface area contributed by atoms with Crippen molar-refractivity contribution in [1.82, 2.24) is 34.9 Å². The van der Waals surface area contributed by atoms with Crippen LogP contribution in [0, 0.1) is 0 Å². The minimum absolute atomic E-state index is 0.0413. The summed E-state index contributed by atoms with van der Waals surface area (Å²) in [5.74, 6) is -0.930. The van der Waals surface area contributed by atoms with Gasteiger partial charge in [-0.1, -0.05) is 0 Å². The summed E-state index contributed by atoms with van der Waals surface area (Å²) in [5.41, 5.74) is 17.0. The zero-order valence-corrected chi connectivity index (χ0v) is 27.6. The summed E-state index contributed by atoms with van der Waals surface area (Å²) in [7, 11) is 1.35. The van der Waals surface area contributed by atoms with E-state index in [0.29, 0.717) is 0 Å². The second-order valence-corrected chi connectivity index (χ2v) is 16.9. The van der Waals surface area contributed by atoms with Crippen molar-refractivity contribution in [2.75, 3.05) is 48.2 Å². The van der Waals surface area contributed by atoms with Crippen LogP contribution in [-0.2, 0) is 46.4 Å². The maximum absolute atomic E-state index is 16.5. The van der Waals surface area contributed by atoms with Gasteiger partial charge in [-0.3, -0.25) is 28.4 Å². The van der Waals surface area contributed by atoms with Crippen LogP contribution in [-0.4, -0.2) is 101 Å². The summed E-state index contributed by atoms with van der Waals surface area (Å²) in [5, 5.41) is -0.185.